The highest BCUT2D eigenvalue weighted by atomic mass is 19.4. The Labute approximate surface area is 245 Å². The Bertz CT molecular complexity index is 1440. The maximum absolute atomic E-state index is 14.7. The predicted octanol–water partition coefficient (Wildman–Crippen LogP) is 8.09. The van der Waals surface area contributed by atoms with Crippen molar-refractivity contribution in [2.45, 2.75) is 82.1 Å². The van der Waals surface area contributed by atoms with Gasteiger partial charge in [0.1, 0.15) is 16.4 Å². The number of allylic oxidation sites excluding steroid dienone is 1. The molecule has 0 aromatic heterocycles. The average molecular weight is 579 g/mol. The maximum atomic E-state index is 14.7. The Morgan fingerprint density at radius 2 is 1.40 bits per heavy atom. The number of fused-ring (bicyclic) bond motifs is 1. The van der Waals surface area contributed by atoms with Gasteiger partial charge in [-0.05, 0) is 81.8 Å². The molecule has 0 radical (unpaired) electrons. The van der Waals surface area contributed by atoms with Crippen molar-refractivity contribution in [3.05, 3.63) is 119 Å². The molecule has 222 valence electrons. The molecular formula is C35H37F3O4. The van der Waals surface area contributed by atoms with Crippen LogP contribution >= 0.6 is 0 Å². The molecule has 3 atom stereocenters. The summed E-state index contributed by atoms with van der Waals surface area (Å²) in [6, 6.07) is 21.3. The summed E-state index contributed by atoms with van der Waals surface area (Å²) in [5.74, 6) is -1.90. The molecule has 7 heteroatoms. The van der Waals surface area contributed by atoms with E-state index < -0.39 is 52.1 Å². The molecule has 42 heavy (non-hydrogen) atoms. The van der Waals surface area contributed by atoms with Crippen molar-refractivity contribution in [3.8, 4) is 0 Å². The Hall–Kier alpha value is -3.87. The molecule has 0 N–H and O–H groups in total. The number of alkyl halides is 3. The molecule has 4 rings (SSSR count). The summed E-state index contributed by atoms with van der Waals surface area (Å²) in [6.07, 6.45) is -3.14. The lowest BCUT2D eigenvalue weighted by molar-refractivity contribution is -0.165. The van der Waals surface area contributed by atoms with E-state index >= 15 is 0 Å². The molecule has 0 fully saturated rings. The lowest BCUT2D eigenvalue weighted by Gasteiger charge is -2.42. The van der Waals surface area contributed by atoms with E-state index in [4.69, 9.17) is 9.47 Å². The van der Waals surface area contributed by atoms with Crippen LogP contribution in [-0.2, 0) is 42.5 Å². The molecule has 0 amide bonds. The van der Waals surface area contributed by atoms with Crippen molar-refractivity contribution in [1.29, 1.82) is 0 Å². The fourth-order valence-corrected chi connectivity index (χ4v) is 6.29. The van der Waals surface area contributed by atoms with Gasteiger partial charge in [0.2, 0.25) is 0 Å². The number of hydrogen-bond acceptors (Lipinski definition) is 4. The van der Waals surface area contributed by atoms with Gasteiger partial charge in [0.15, 0.2) is 0 Å². The molecule has 3 aromatic rings. The molecule has 3 aromatic carbocycles. The first kappa shape index (κ1) is 31.1. The zero-order chi connectivity index (χ0) is 30.9. The normalized spacial score (nSPS) is 22.0. The smallest absolute Gasteiger partial charge is 0.416 e. The largest absolute Gasteiger partial charge is 0.462 e. The molecule has 0 heterocycles. The summed E-state index contributed by atoms with van der Waals surface area (Å²) in [7, 11) is 0. The van der Waals surface area contributed by atoms with Gasteiger partial charge in [-0.25, -0.2) is 0 Å². The lowest BCUT2D eigenvalue weighted by Crippen LogP contribution is -2.51. The van der Waals surface area contributed by atoms with Gasteiger partial charge in [-0.2, -0.15) is 13.2 Å². The second-order valence-electron chi connectivity index (χ2n) is 12.2. The van der Waals surface area contributed by atoms with Crippen LogP contribution in [0, 0.1) is 0 Å². The van der Waals surface area contributed by atoms with Gasteiger partial charge >= 0.3 is 18.1 Å². The van der Waals surface area contributed by atoms with Crippen molar-refractivity contribution in [3.63, 3.8) is 0 Å². The van der Waals surface area contributed by atoms with Crippen molar-refractivity contribution in [1.82, 2.24) is 0 Å². The fourth-order valence-electron chi connectivity index (χ4n) is 6.29. The van der Waals surface area contributed by atoms with E-state index in [0.717, 1.165) is 12.1 Å². The summed E-state index contributed by atoms with van der Waals surface area (Å²) < 4.78 is 52.3. The monoisotopic (exact) mass is 578 g/mol. The summed E-state index contributed by atoms with van der Waals surface area (Å²) in [5.41, 5.74) is -2.15. The van der Waals surface area contributed by atoms with E-state index in [1.165, 1.54) is 12.1 Å². The summed E-state index contributed by atoms with van der Waals surface area (Å²) in [5, 5.41) is 0. The van der Waals surface area contributed by atoms with Gasteiger partial charge in [-0.15, -0.1) is 6.58 Å². The molecule has 0 saturated heterocycles. The topological polar surface area (TPSA) is 52.6 Å². The first-order valence-corrected chi connectivity index (χ1v) is 14.0. The quantitative estimate of drug-likeness (QED) is 0.200. The molecule has 0 unspecified atom stereocenters. The zero-order valence-corrected chi connectivity index (χ0v) is 24.6. The first-order valence-electron chi connectivity index (χ1n) is 14.0. The Morgan fingerprint density at radius 1 is 0.857 bits per heavy atom. The minimum absolute atomic E-state index is 0.00945. The van der Waals surface area contributed by atoms with E-state index in [1.807, 2.05) is 48.5 Å². The van der Waals surface area contributed by atoms with Gasteiger partial charge in [0.05, 0.1) is 11.7 Å². The molecular weight excluding hydrogens is 541 g/mol. The van der Waals surface area contributed by atoms with Crippen LogP contribution in [0.2, 0.25) is 0 Å². The summed E-state index contributed by atoms with van der Waals surface area (Å²) >= 11 is 0. The van der Waals surface area contributed by atoms with Crippen molar-refractivity contribution >= 4 is 11.9 Å². The van der Waals surface area contributed by atoms with Crippen molar-refractivity contribution in [2.24, 2.45) is 0 Å². The second-order valence-corrected chi connectivity index (χ2v) is 12.2. The Kier molecular flexibility index (Phi) is 8.45. The summed E-state index contributed by atoms with van der Waals surface area (Å²) in [4.78, 5) is 29.1. The van der Waals surface area contributed by atoms with Crippen LogP contribution in [0.5, 0.6) is 0 Å². The molecule has 0 spiro atoms. The number of carbonyl (C=O) groups excluding carboxylic acids is 2. The van der Waals surface area contributed by atoms with E-state index in [-0.39, 0.29) is 12.8 Å². The van der Waals surface area contributed by atoms with Gasteiger partial charge in [-0.1, -0.05) is 72.8 Å². The van der Waals surface area contributed by atoms with Crippen LogP contribution < -0.4 is 0 Å². The third kappa shape index (κ3) is 5.61. The van der Waals surface area contributed by atoms with Crippen LogP contribution in [0.4, 0.5) is 13.2 Å². The molecule has 0 bridgehead atoms. The molecule has 0 aliphatic heterocycles. The summed E-state index contributed by atoms with van der Waals surface area (Å²) in [6.45, 7) is 12.8. The van der Waals surface area contributed by atoms with Crippen LogP contribution in [0.3, 0.4) is 0 Å². The lowest BCUT2D eigenvalue weighted by atomic mass is 9.60. The second kappa shape index (κ2) is 11.4. The van der Waals surface area contributed by atoms with Crippen LogP contribution in [0.1, 0.15) is 74.8 Å². The van der Waals surface area contributed by atoms with E-state index in [9.17, 15) is 22.8 Å². The van der Waals surface area contributed by atoms with Crippen molar-refractivity contribution < 1.29 is 32.2 Å². The van der Waals surface area contributed by atoms with E-state index in [1.54, 1.807) is 46.8 Å². The van der Waals surface area contributed by atoms with E-state index in [2.05, 4.69) is 6.58 Å². The SMILES string of the molecule is C=CC[C@]1(C(=O)OC(C)C)c2ccccc2[C@@](Cc2ccc(C(F)(F)F)cc2)(C(=O)OC(C)(C)C)[C@H]1c1ccccc1. The molecule has 0 saturated carbocycles. The third-order valence-corrected chi connectivity index (χ3v) is 7.71. The van der Waals surface area contributed by atoms with E-state index in [0.29, 0.717) is 22.3 Å². The third-order valence-electron chi connectivity index (χ3n) is 7.71. The highest BCUT2D eigenvalue weighted by Crippen LogP contribution is 2.63. The maximum Gasteiger partial charge on any atom is 0.416 e. The minimum atomic E-state index is -4.51. The number of ether oxygens (including phenoxy) is 2. The van der Waals surface area contributed by atoms with Crippen molar-refractivity contribution in [2.75, 3.05) is 0 Å². The molecule has 4 nitrogen and oxygen atoms in total. The predicted molar refractivity (Wildman–Crippen MR) is 156 cm³/mol. The van der Waals surface area contributed by atoms with Gasteiger partial charge in [-0.3, -0.25) is 9.59 Å². The number of esters is 2. The van der Waals surface area contributed by atoms with Gasteiger partial charge < -0.3 is 9.47 Å². The molecule has 1 aliphatic rings. The Balaban J connectivity index is 2.10. The van der Waals surface area contributed by atoms with Gasteiger partial charge in [0, 0.05) is 5.92 Å². The fraction of sp³-hybridized carbons (Fsp3) is 0.371. The zero-order valence-electron chi connectivity index (χ0n) is 24.6. The number of halogens is 3. The number of benzene rings is 3. The molecule has 1 aliphatic carbocycles. The standard InChI is InChI=1S/C35H37F3O4/c1-7-21-33(30(39)41-23(2)3)27-15-11-12-16-28(27)34(31(40)42-32(4,5)6,29(33)25-13-9-8-10-14-25)22-24-17-19-26(20-18-24)35(36,37)38/h7-20,23,29H,1,21-22H2,2-6H3/t29-,33-,34+/m0/s1. The van der Waals surface area contributed by atoms with Crippen LogP contribution in [-0.4, -0.2) is 23.6 Å². The average Bonchev–Trinajstić information content (AvgIpc) is 3.15. The van der Waals surface area contributed by atoms with Gasteiger partial charge in [0.25, 0.3) is 0 Å². The number of rotatable bonds is 8. The highest BCUT2D eigenvalue weighted by Gasteiger charge is 2.68. The Morgan fingerprint density at radius 3 is 1.90 bits per heavy atom. The number of hydrogen-bond donors (Lipinski definition) is 0. The first-order chi connectivity index (χ1) is 19.7. The highest BCUT2D eigenvalue weighted by molar-refractivity contribution is 5.96. The van der Waals surface area contributed by atoms with Crippen LogP contribution in [0.25, 0.3) is 0 Å². The minimum Gasteiger partial charge on any atom is -0.462 e. The van der Waals surface area contributed by atoms with Crippen LogP contribution in [0.15, 0.2) is 91.5 Å². The number of carbonyl (C=O) groups is 2.